The third kappa shape index (κ3) is 5.28. The Morgan fingerprint density at radius 2 is 2.00 bits per heavy atom. The zero-order valence-electron chi connectivity index (χ0n) is 10.5. The highest BCUT2D eigenvalue weighted by atomic mass is 32.2. The van der Waals surface area contributed by atoms with E-state index in [1.807, 2.05) is 23.0 Å². The van der Waals surface area contributed by atoms with Crippen LogP contribution in [-0.4, -0.2) is 18.7 Å². The first-order valence-corrected chi connectivity index (χ1v) is 7.24. The average Bonchev–Trinajstić information content (AvgIpc) is 2.15. The van der Waals surface area contributed by atoms with Crippen molar-refractivity contribution >= 4 is 10.1 Å². The molecule has 1 aromatic rings. The number of nitrogens with zero attached hydrogens (tertiary/aromatic N) is 1. The largest absolute Gasteiger partial charge is 0.286 e. The fraction of sp³-hybridized carbons (Fsp3) is 0.583. The molecule has 0 saturated carbocycles. The Kier molecular flexibility index (Phi) is 4.27. The summed E-state index contributed by atoms with van der Waals surface area (Å²) in [6.07, 6.45) is 4.33. The van der Waals surface area contributed by atoms with Gasteiger partial charge in [-0.3, -0.25) is 4.55 Å². The quantitative estimate of drug-likeness (QED) is 0.658. The van der Waals surface area contributed by atoms with Crippen LogP contribution in [0.5, 0.6) is 0 Å². The van der Waals surface area contributed by atoms with Crippen LogP contribution in [0.25, 0.3) is 0 Å². The fourth-order valence-corrected chi connectivity index (χ4v) is 2.03. The molecule has 0 aliphatic heterocycles. The second-order valence-corrected chi connectivity index (χ2v) is 6.79. The van der Waals surface area contributed by atoms with Crippen LogP contribution in [0.15, 0.2) is 24.5 Å². The van der Waals surface area contributed by atoms with Crippen molar-refractivity contribution in [1.82, 2.24) is 0 Å². The van der Waals surface area contributed by atoms with Gasteiger partial charge in [-0.2, -0.15) is 8.42 Å². The van der Waals surface area contributed by atoms with Gasteiger partial charge < -0.3 is 0 Å². The molecule has 0 radical (unpaired) electrons. The predicted molar refractivity (Wildman–Crippen MR) is 66.4 cm³/mol. The molecule has 5 heteroatoms. The molecule has 0 aliphatic rings. The third-order valence-electron chi connectivity index (χ3n) is 2.54. The van der Waals surface area contributed by atoms with Gasteiger partial charge in [-0.05, 0) is 11.5 Å². The van der Waals surface area contributed by atoms with Crippen molar-refractivity contribution in [3.8, 4) is 0 Å². The number of aromatic nitrogens is 1. The molecule has 0 fully saturated rings. The Morgan fingerprint density at radius 3 is 2.53 bits per heavy atom. The molecule has 17 heavy (non-hydrogen) atoms. The Balaban J connectivity index is 2.67. The highest BCUT2D eigenvalue weighted by Gasteiger charge is 2.17. The van der Waals surface area contributed by atoms with Gasteiger partial charge in [0.1, 0.15) is 6.54 Å². The summed E-state index contributed by atoms with van der Waals surface area (Å²) in [6, 6.07) is 4.01. The van der Waals surface area contributed by atoms with Gasteiger partial charge in [-0.1, -0.05) is 20.8 Å². The van der Waals surface area contributed by atoms with Gasteiger partial charge in [-0.15, -0.1) is 0 Å². The zero-order chi connectivity index (χ0) is 13.1. The SMILES string of the molecule is CC(C)(C)c1ccc[n+](CCCS(=O)(=O)O)c1. The molecule has 1 N–H and O–H groups in total. The first-order chi connectivity index (χ1) is 7.68. The Bertz CT molecular complexity index is 475. The lowest BCUT2D eigenvalue weighted by Crippen LogP contribution is -2.35. The number of aryl methyl sites for hydroxylation is 1. The second-order valence-electron chi connectivity index (χ2n) is 5.22. The van der Waals surface area contributed by atoms with E-state index >= 15 is 0 Å². The van der Waals surface area contributed by atoms with Crippen molar-refractivity contribution in [3.05, 3.63) is 30.1 Å². The van der Waals surface area contributed by atoms with Crippen molar-refractivity contribution in [2.24, 2.45) is 0 Å². The van der Waals surface area contributed by atoms with E-state index < -0.39 is 10.1 Å². The standard InChI is InChI=1S/C12H19NO3S/c1-12(2,3)11-6-4-7-13(10-11)8-5-9-17(14,15)16/h4,6-7,10H,5,8-9H2,1-3H3/p+1. The van der Waals surface area contributed by atoms with Crippen LogP contribution < -0.4 is 4.57 Å². The van der Waals surface area contributed by atoms with Gasteiger partial charge in [0.25, 0.3) is 10.1 Å². The number of hydrogen-bond acceptors (Lipinski definition) is 2. The molecule has 0 amide bonds. The molecule has 0 atom stereocenters. The monoisotopic (exact) mass is 258 g/mol. The average molecular weight is 258 g/mol. The smallest absolute Gasteiger partial charge is 0.265 e. The van der Waals surface area contributed by atoms with E-state index in [4.69, 9.17) is 4.55 Å². The van der Waals surface area contributed by atoms with Crippen LogP contribution in [0.4, 0.5) is 0 Å². The summed E-state index contributed by atoms with van der Waals surface area (Å²) < 4.78 is 31.8. The van der Waals surface area contributed by atoms with Crippen LogP contribution in [-0.2, 0) is 22.1 Å². The molecule has 96 valence electrons. The lowest BCUT2D eigenvalue weighted by molar-refractivity contribution is -0.697. The lowest BCUT2D eigenvalue weighted by atomic mass is 9.88. The van der Waals surface area contributed by atoms with Crippen molar-refractivity contribution in [3.63, 3.8) is 0 Å². The summed E-state index contributed by atoms with van der Waals surface area (Å²) in [5, 5.41) is 0. The zero-order valence-corrected chi connectivity index (χ0v) is 11.4. The Morgan fingerprint density at radius 1 is 1.35 bits per heavy atom. The Hall–Kier alpha value is -0.940. The molecular weight excluding hydrogens is 238 g/mol. The molecule has 0 bridgehead atoms. The van der Waals surface area contributed by atoms with Crippen LogP contribution in [0.2, 0.25) is 0 Å². The summed E-state index contributed by atoms with van der Waals surface area (Å²) in [4.78, 5) is 0. The highest BCUT2D eigenvalue weighted by molar-refractivity contribution is 7.85. The van der Waals surface area contributed by atoms with E-state index in [9.17, 15) is 8.42 Å². The van der Waals surface area contributed by atoms with E-state index in [-0.39, 0.29) is 11.2 Å². The molecule has 0 unspecified atom stereocenters. The van der Waals surface area contributed by atoms with Crippen molar-refractivity contribution < 1.29 is 17.5 Å². The first kappa shape index (κ1) is 14.1. The number of rotatable bonds is 4. The van der Waals surface area contributed by atoms with Gasteiger partial charge in [0, 0.05) is 18.1 Å². The van der Waals surface area contributed by atoms with Crippen LogP contribution >= 0.6 is 0 Å². The summed E-state index contributed by atoms with van der Waals surface area (Å²) in [7, 11) is -3.85. The van der Waals surface area contributed by atoms with Gasteiger partial charge >= 0.3 is 0 Å². The normalized spacial score (nSPS) is 12.7. The molecule has 0 aromatic carbocycles. The van der Waals surface area contributed by atoms with Crippen molar-refractivity contribution in [2.75, 3.05) is 5.75 Å². The summed E-state index contributed by atoms with van der Waals surface area (Å²) >= 11 is 0. The maximum atomic E-state index is 10.6. The van der Waals surface area contributed by atoms with E-state index in [0.29, 0.717) is 13.0 Å². The minimum atomic E-state index is -3.85. The first-order valence-electron chi connectivity index (χ1n) is 5.63. The molecule has 0 saturated heterocycles. The molecule has 1 aromatic heterocycles. The lowest BCUT2D eigenvalue weighted by Gasteiger charge is -2.16. The maximum Gasteiger partial charge on any atom is 0.265 e. The molecular formula is C12H20NO3S+. The third-order valence-corrected chi connectivity index (χ3v) is 3.35. The summed E-state index contributed by atoms with van der Waals surface area (Å²) in [5.74, 6) is -0.195. The van der Waals surface area contributed by atoms with Gasteiger partial charge in [-0.25, -0.2) is 4.57 Å². The summed E-state index contributed by atoms with van der Waals surface area (Å²) in [5.41, 5.74) is 1.28. The van der Waals surface area contributed by atoms with Crippen LogP contribution in [0.3, 0.4) is 0 Å². The van der Waals surface area contributed by atoms with Crippen molar-refractivity contribution in [2.45, 2.75) is 39.2 Å². The van der Waals surface area contributed by atoms with E-state index in [1.165, 1.54) is 5.56 Å². The number of pyridine rings is 1. The molecule has 0 aliphatic carbocycles. The predicted octanol–water partition coefficient (Wildman–Crippen LogP) is 1.55. The van der Waals surface area contributed by atoms with Gasteiger partial charge in [0.05, 0.1) is 5.75 Å². The second kappa shape index (κ2) is 5.14. The fourth-order valence-electron chi connectivity index (χ4n) is 1.53. The van der Waals surface area contributed by atoms with Crippen molar-refractivity contribution in [1.29, 1.82) is 0 Å². The Labute approximate surface area is 103 Å². The van der Waals surface area contributed by atoms with E-state index in [2.05, 4.69) is 26.8 Å². The minimum absolute atomic E-state index is 0.0755. The molecule has 1 heterocycles. The van der Waals surface area contributed by atoms with Crippen LogP contribution in [0.1, 0.15) is 32.8 Å². The minimum Gasteiger partial charge on any atom is -0.286 e. The molecule has 1 rings (SSSR count). The van der Waals surface area contributed by atoms with Gasteiger partial charge in [0.15, 0.2) is 12.4 Å². The number of hydrogen-bond donors (Lipinski definition) is 1. The molecule has 4 nitrogen and oxygen atoms in total. The molecule has 0 spiro atoms. The van der Waals surface area contributed by atoms with E-state index in [0.717, 1.165) is 0 Å². The van der Waals surface area contributed by atoms with Crippen LogP contribution in [0, 0.1) is 0 Å². The summed E-state index contributed by atoms with van der Waals surface area (Å²) in [6.45, 7) is 6.98. The maximum absolute atomic E-state index is 10.6. The topological polar surface area (TPSA) is 58.2 Å². The van der Waals surface area contributed by atoms with E-state index in [1.54, 1.807) is 0 Å². The highest BCUT2D eigenvalue weighted by Crippen LogP contribution is 2.19. The van der Waals surface area contributed by atoms with Gasteiger partial charge in [0.2, 0.25) is 0 Å².